The van der Waals surface area contributed by atoms with E-state index in [1.807, 2.05) is 34.6 Å². The third-order valence-electron chi connectivity index (χ3n) is 6.86. The van der Waals surface area contributed by atoms with Crippen molar-refractivity contribution in [3.63, 3.8) is 0 Å². The summed E-state index contributed by atoms with van der Waals surface area (Å²) >= 11 is 5.60. The van der Waals surface area contributed by atoms with Gasteiger partial charge in [0, 0.05) is 31.4 Å². The number of aliphatic imine (C=N–C) groups is 1. The van der Waals surface area contributed by atoms with Crippen molar-refractivity contribution < 1.29 is 19.4 Å². The molecule has 1 aliphatic rings. The Morgan fingerprint density at radius 1 is 1.13 bits per heavy atom. The Morgan fingerprint density at radius 2 is 1.74 bits per heavy atom. The summed E-state index contributed by atoms with van der Waals surface area (Å²) < 4.78 is 5.69. The van der Waals surface area contributed by atoms with E-state index in [2.05, 4.69) is 10.6 Å². The van der Waals surface area contributed by atoms with Gasteiger partial charge in [0.15, 0.2) is 5.11 Å². The molecule has 9 heteroatoms. The van der Waals surface area contributed by atoms with Gasteiger partial charge >= 0.3 is 5.97 Å². The molecule has 1 aromatic rings. The second-order valence-electron chi connectivity index (χ2n) is 13.1. The highest BCUT2D eigenvalue weighted by molar-refractivity contribution is 7.80. The van der Waals surface area contributed by atoms with Crippen molar-refractivity contribution in [1.82, 2.24) is 15.5 Å². The maximum atomic E-state index is 12.6. The molecule has 0 radical (unpaired) electrons. The first-order valence-corrected chi connectivity index (χ1v) is 14.2. The minimum Gasteiger partial charge on any atom is -0.507 e. The molecule has 1 fully saturated rings. The molecule has 1 amide bonds. The van der Waals surface area contributed by atoms with Gasteiger partial charge in [-0.1, -0.05) is 47.5 Å². The number of benzene rings is 1. The van der Waals surface area contributed by atoms with Gasteiger partial charge in [0.05, 0.1) is 17.5 Å². The lowest BCUT2D eigenvalue weighted by Gasteiger charge is -2.32. The molecule has 1 saturated carbocycles. The van der Waals surface area contributed by atoms with Crippen molar-refractivity contribution >= 4 is 35.4 Å². The molecule has 0 aliphatic heterocycles. The average Bonchev–Trinajstić information content (AvgIpc) is 2.81. The number of aromatic hydroxyl groups is 1. The zero-order chi connectivity index (χ0) is 29.7. The van der Waals surface area contributed by atoms with Gasteiger partial charge in [-0.3, -0.25) is 14.6 Å². The monoisotopic (exact) mass is 560 g/mol. The van der Waals surface area contributed by atoms with Crippen LogP contribution < -0.4 is 15.4 Å². The second-order valence-corrected chi connectivity index (χ2v) is 13.5. The number of amides is 1. The molecule has 39 heavy (non-hydrogen) atoms. The van der Waals surface area contributed by atoms with Gasteiger partial charge in [-0.15, -0.1) is 0 Å². The number of thiocarbonyl (C=S) groups is 1. The number of esters is 1. The number of phenolic OH excluding ortho intramolecular Hbond substituents is 1. The first-order valence-electron chi connectivity index (χ1n) is 13.8. The van der Waals surface area contributed by atoms with E-state index >= 15 is 0 Å². The number of hydrogen-bond acceptors (Lipinski definition) is 6. The number of nitrogens with one attached hydrogen (secondary N) is 2. The van der Waals surface area contributed by atoms with Crippen molar-refractivity contribution in [1.29, 1.82) is 0 Å². The molecule has 3 N–H and O–H groups in total. The molecule has 0 aromatic heterocycles. The fourth-order valence-electron chi connectivity index (χ4n) is 4.40. The van der Waals surface area contributed by atoms with Gasteiger partial charge in [0.1, 0.15) is 17.5 Å². The largest absolute Gasteiger partial charge is 0.507 e. The summed E-state index contributed by atoms with van der Waals surface area (Å²) in [4.78, 5) is 31.6. The predicted molar refractivity (Wildman–Crippen MR) is 162 cm³/mol. The van der Waals surface area contributed by atoms with E-state index < -0.39 is 11.5 Å². The molecule has 0 bridgehead atoms. The SMILES string of the molecule is CC(C)[C@@H](NC(=S)N[C@H]1CCCC[C@H]1/N=C/c1cc(OC(=O)C(C)(C)C)cc(C(C)(C)C)c1O)C(=O)N(C)C. The smallest absolute Gasteiger partial charge is 0.316 e. The van der Waals surface area contributed by atoms with E-state index in [1.165, 1.54) is 0 Å². The number of carbonyl (C=O) groups excluding carboxylic acids is 2. The van der Waals surface area contributed by atoms with Crippen LogP contribution in [0.5, 0.6) is 11.5 Å². The number of ether oxygens (including phenoxy) is 1. The molecule has 0 heterocycles. The molecule has 0 unspecified atom stereocenters. The van der Waals surface area contributed by atoms with Crippen LogP contribution in [0.3, 0.4) is 0 Å². The van der Waals surface area contributed by atoms with E-state index in [9.17, 15) is 14.7 Å². The number of likely N-dealkylation sites (N-methyl/N-ethyl adjacent to an activating group) is 1. The number of hydrogen-bond donors (Lipinski definition) is 3. The first kappa shape index (κ1) is 32.5. The van der Waals surface area contributed by atoms with Crippen LogP contribution in [0.25, 0.3) is 0 Å². The van der Waals surface area contributed by atoms with Crippen LogP contribution in [-0.2, 0) is 15.0 Å². The standard InChI is InChI=1S/C30H48N4O4S/c1-18(2)24(26(36)34(9)10)33-28(39)32-23-14-12-11-13-22(23)31-17-19-15-20(38-27(37)30(6,7)8)16-21(25(19)35)29(3,4)5/h15-18,22-24,35H,11-14H2,1-10H3,(H2,32,33,39)/b31-17+/t22-,23+,24-/m1/s1. The topological polar surface area (TPSA) is 103 Å². The Kier molecular flexibility index (Phi) is 10.9. The Hall–Kier alpha value is -2.68. The van der Waals surface area contributed by atoms with Crippen LogP contribution >= 0.6 is 12.2 Å². The normalized spacial score (nSPS) is 19.1. The fourth-order valence-corrected chi connectivity index (χ4v) is 4.67. The summed E-state index contributed by atoms with van der Waals surface area (Å²) in [5.74, 6) is 0.208. The molecule has 218 valence electrons. The summed E-state index contributed by atoms with van der Waals surface area (Å²) in [6, 6.07) is 2.89. The van der Waals surface area contributed by atoms with E-state index in [0.717, 1.165) is 25.7 Å². The van der Waals surface area contributed by atoms with Crippen LogP contribution in [0, 0.1) is 11.3 Å². The maximum Gasteiger partial charge on any atom is 0.316 e. The Labute approximate surface area is 240 Å². The van der Waals surface area contributed by atoms with E-state index in [0.29, 0.717) is 22.0 Å². The van der Waals surface area contributed by atoms with Gasteiger partial charge in [-0.25, -0.2) is 0 Å². The van der Waals surface area contributed by atoms with Gasteiger partial charge in [-0.2, -0.15) is 0 Å². The van der Waals surface area contributed by atoms with Gasteiger partial charge < -0.3 is 25.4 Å². The minimum absolute atomic E-state index is 0.0107. The number of nitrogens with zero attached hydrogens (tertiary/aromatic N) is 2. The second kappa shape index (κ2) is 13.1. The Morgan fingerprint density at radius 3 is 2.28 bits per heavy atom. The fraction of sp³-hybridized carbons (Fsp3) is 0.667. The molecule has 0 spiro atoms. The van der Waals surface area contributed by atoms with Gasteiger partial charge in [0.25, 0.3) is 0 Å². The zero-order valence-corrected chi connectivity index (χ0v) is 26.2. The van der Waals surface area contributed by atoms with Crippen molar-refractivity contribution in [3.05, 3.63) is 23.3 Å². The number of carbonyl (C=O) groups is 2. The van der Waals surface area contributed by atoms with E-state index in [4.69, 9.17) is 21.9 Å². The third kappa shape index (κ3) is 9.19. The van der Waals surface area contributed by atoms with Crippen molar-refractivity contribution in [2.75, 3.05) is 14.1 Å². The van der Waals surface area contributed by atoms with E-state index in [1.54, 1.807) is 58.1 Å². The van der Waals surface area contributed by atoms with Crippen LogP contribution in [0.1, 0.15) is 92.2 Å². The van der Waals surface area contributed by atoms with Crippen molar-refractivity contribution in [2.24, 2.45) is 16.3 Å². The average molecular weight is 561 g/mol. The Balaban J connectivity index is 2.30. The van der Waals surface area contributed by atoms with Gasteiger partial charge in [-0.05, 0) is 69.3 Å². The summed E-state index contributed by atoms with van der Waals surface area (Å²) in [6.45, 7) is 15.4. The zero-order valence-electron chi connectivity index (χ0n) is 25.3. The summed E-state index contributed by atoms with van der Waals surface area (Å²) in [6.07, 6.45) is 5.52. The molecule has 3 atom stereocenters. The van der Waals surface area contributed by atoms with Crippen molar-refractivity contribution in [2.45, 2.75) is 105 Å². The number of rotatable bonds is 7. The molecule has 8 nitrogen and oxygen atoms in total. The molecule has 0 saturated heterocycles. The predicted octanol–water partition coefficient (Wildman–Crippen LogP) is 4.95. The van der Waals surface area contributed by atoms with Crippen LogP contribution in [0.4, 0.5) is 0 Å². The highest BCUT2D eigenvalue weighted by Crippen LogP contribution is 2.37. The molecular weight excluding hydrogens is 512 g/mol. The van der Waals surface area contributed by atoms with Crippen molar-refractivity contribution in [3.8, 4) is 11.5 Å². The molecule has 1 aromatic carbocycles. The highest BCUT2D eigenvalue weighted by atomic mass is 32.1. The van der Waals surface area contributed by atoms with E-state index in [-0.39, 0.29) is 41.0 Å². The lowest BCUT2D eigenvalue weighted by Crippen LogP contribution is -2.55. The highest BCUT2D eigenvalue weighted by Gasteiger charge is 2.29. The summed E-state index contributed by atoms with van der Waals surface area (Å²) in [5, 5.41) is 18.1. The summed E-state index contributed by atoms with van der Waals surface area (Å²) in [7, 11) is 3.47. The quantitative estimate of drug-likeness (QED) is 0.188. The third-order valence-corrected chi connectivity index (χ3v) is 7.09. The van der Waals surface area contributed by atoms with Crippen LogP contribution in [0.15, 0.2) is 17.1 Å². The minimum atomic E-state index is -0.660. The first-order chi connectivity index (χ1) is 17.9. The Bertz CT molecular complexity index is 1070. The molecule has 2 rings (SSSR count). The maximum absolute atomic E-state index is 12.6. The lowest BCUT2D eigenvalue weighted by atomic mass is 9.85. The van der Waals surface area contributed by atoms with Crippen LogP contribution in [-0.4, -0.2) is 65.4 Å². The van der Waals surface area contributed by atoms with Crippen LogP contribution in [0.2, 0.25) is 0 Å². The summed E-state index contributed by atoms with van der Waals surface area (Å²) in [5.41, 5.74) is 0.145. The van der Waals surface area contributed by atoms with Gasteiger partial charge in [0.2, 0.25) is 5.91 Å². The molecule has 1 aliphatic carbocycles. The lowest BCUT2D eigenvalue weighted by molar-refractivity contribution is -0.143. The number of phenols is 1. The molecular formula is C30H48N4O4S.